The standard InChI is InChI=1S/C25H25FN4O3S/c1-17-7-8-19(14-23(17)32-4)15-28-29-24(31)16-34-18(2)30(21-11-9-20(26)10-12-21)25(27-3)22-6-5-13-33-22/h5-15H,2,16H2,1,3-4H3,(H,29,31)/b27-25?,28-15+. The molecule has 3 rings (SSSR count). The van der Waals surface area contributed by atoms with Gasteiger partial charge in [-0.1, -0.05) is 30.5 Å². The van der Waals surface area contributed by atoms with E-state index in [0.29, 0.717) is 22.3 Å². The van der Waals surface area contributed by atoms with Crippen LogP contribution in [0.1, 0.15) is 16.9 Å². The van der Waals surface area contributed by atoms with Gasteiger partial charge in [-0.05, 0) is 60.5 Å². The molecular formula is C25H25FN4O3S. The lowest BCUT2D eigenvalue weighted by Gasteiger charge is -2.26. The lowest BCUT2D eigenvalue weighted by atomic mass is 10.1. The van der Waals surface area contributed by atoms with Crippen LogP contribution in [0.2, 0.25) is 0 Å². The van der Waals surface area contributed by atoms with Crippen molar-refractivity contribution in [1.82, 2.24) is 5.43 Å². The van der Waals surface area contributed by atoms with Gasteiger partial charge in [0.25, 0.3) is 0 Å². The fourth-order valence-corrected chi connectivity index (χ4v) is 3.73. The molecule has 1 heterocycles. The zero-order chi connectivity index (χ0) is 24.5. The number of methoxy groups -OCH3 is 1. The van der Waals surface area contributed by atoms with Gasteiger partial charge >= 0.3 is 0 Å². The highest BCUT2D eigenvalue weighted by Gasteiger charge is 2.21. The summed E-state index contributed by atoms with van der Waals surface area (Å²) in [6, 6.07) is 15.0. The number of anilines is 1. The number of thioether (sulfide) groups is 1. The van der Waals surface area contributed by atoms with Crippen LogP contribution < -0.4 is 15.1 Å². The third-order valence-corrected chi connectivity index (χ3v) is 5.63. The number of carbonyl (C=O) groups is 1. The van der Waals surface area contributed by atoms with Crippen LogP contribution in [-0.2, 0) is 4.79 Å². The third-order valence-electron chi connectivity index (χ3n) is 4.70. The molecule has 0 atom stereocenters. The summed E-state index contributed by atoms with van der Waals surface area (Å²) in [4.78, 5) is 18.4. The van der Waals surface area contributed by atoms with E-state index < -0.39 is 0 Å². The molecule has 176 valence electrons. The summed E-state index contributed by atoms with van der Waals surface area (Å²) in [5, 5.41) is 4.52. The number of hydrogen-bond acceptors (Lipinski definition) is 6. The molecule has 0 saturated carbocycles. The highest BCUT2D eigenvalue weighted by atomic mass is 32.2. The molecule has 0 fully saturated rings. The van der Waals surface area contributed by atoms with Crippen LogP contribution in [0.25, 0.3) is 0 Å². The minimum absolute atomic E-state index is 0.0558. The van der Waals surface area contributed by atoms with E-state index in [9.17, 15) is 9.18 Å². The number of hydrazone groups is 1. The second-order valence-electron chi connectivity index (χ2n) is 7.04. The molecule has 0 spiro atoms. The maximum Gasteiger partial charge on any atom is 0.250 e. The summed E-state index contributed by atoms with van der Waals surface area (Å²) < 4.78 is 24.3. The molecule has 9 heteroatoms. The van der Waals surface area contributed by atoms with Crippen molar-refractivity contribution in [1.29, 1.82) is 0 Å². The smallest absolute Gasteiger partial charge is 0.250 e. The number of amides is 1. The number of nitrogens with zero attached hydrogens (tertiary/aromatic N) is 3. The van der Waals surface area contributed by atoms with Gasteiger partial charge in [0.05, 0.1) is 30.4 Å². The average Bonchev–Trinajstić information content (AvgIpc) is 3.37. The molecule has 34 heavy (non-hydrogen) atoms. The molecule has 0 aliphatic carbocycles. The summed E-state index contributed by atoms with van der Waals surface area (Å²) in [5.74, 6) is 1.11. The number of aryl methyl sites for hydroxylation is 1. The van der Waals surface area contributed by atoms with E-state index >= 15 is 0 Å². The molecule has 0 radical (unpaired) electrons. The van der Waals surface area contributed by atoms with Gasteiger partial charge in [-0.3, -0.25) is 14.7 Å². The Labute approximate surface area is 202 Å². The number of rotatable bonds is 9. The number of carbonyl (C=O) groups excluding carboxylic acids is 1. The summed E-state index contributed by atoms with van der Waals surface area (Å²) in [6.45, 7) is 6.05. The third kappa shape index (κ3) is 6.35. The predicted octanol–water partition coefficient (Wildman–Crippen LogP) is 4.97. The maximum atomic E-state index is 13.5. The molecule has 0 aliphatic rings. The second kappa shape index (κ2) is 11.9. The van der Waals surface area contributed by atoms with Gasteiger partial charge in [0.1, 0.15) is 11.6 Å². The molecule has 0 unspecified atom stereocenters. The van der Waals surface area contributed by atoms with E-state index in [1.165, 1.54) is 30.2 Å². The van der Waals surface area contributed by atoms with Gasteiger partial charge in [-0.2, -0.15) is 5.10 Å². The van der Waals surface area contributed by atoms with E-state index in [1.54, 1.807) is 49.5 Å². The van der Waals surface area contributed by atoms with Crippen LogP contribution in [-0.4, -0.2) is 37.9 Å². The van der Waals surface area contributed by atoms with Gasteiger partial charge in [0, 0.05) is 12.7 Å². The number of amidine groups is 1. The minimum Gasteiger partial charge on any atom is -0.496 e. The summed E-state index contributed by atoms with van der Waals surface area (Å²) in [6.07, 6.45) is 3.08. The molecule has 3 aromatic rings. The zero-order valence-electron chi connectivity index (χ0n) is 19.1. The SMILES string of the molecule is C=C(SCC(=O)N/N=C/c1ccc(C)c(OC)c1)N(C(=NC)c1ccco1)c1ccc(F)cc1. The maximum absolute atomic E-state index is 13.5. The minimum atomic E-state index is -0.363. The van der Waals surface area contributed by atoms with E-state index in [4.69, 9.17) is 9.15 Å². The fraction of sp³-hybridized carbons (Fsp3) is 0.160. The highest BCUT2D eigenvalue weighted by molar-refractivity contribution is 8.03. The number of benzene rings is 2. The van der Waals surface area contributed by atoms with Gasteiger partial charge in [0.15, 0.2) is 11.6 Å². The predicted molar refractivity (Wildman–Crippen MR) is 135 cm³/mol. The zero-order valence-corrected chi connectivity index (χ0v) is 19.9. The van der Waals surface area contributed by atoms with Crippen molar-refractivity contribution in [2.45, 2.75) is 6.92 Å². The van der Waals surface area contributed by atoms with Crippen molar-refractivity contribution in [3.63, 3.8) is 0 Å². The molecule has 7 nitrogen and oxygen atoms in total. The summed E-state index contributed by atoms with van der Waals surface area (Å²) in [5.41, 5.74) is 4.94. The number of nitrogens with one attached hydrogen (secondary N) is 1. The molecular weight excluding hydrogens is 455 g/mol. The van der Waals surface area contributed by atoms with Crippen molar-refractivity contribution in [2.75, 3.05) is 24.8 Å². The highest BCUT2D eigenvalue weighted by Crippen LogP contribution is 2.28. The Bertz CT molecular complexity index is 1190. The van der Waals surface area contributed by atoms with Crippen LogP contribution in [0.15, 0.2) is 87.0 Å². The molecule has 1 amide bonds. The average molecular weight is 481 g/mol. The second-order valence-corrected chi connectivity index (χ2v) is 8.09. The first-order chi connectivity index (χ1) is 16.4. The lowest BCUT2D eigenvalue weighted by molar-refractivity contribution is -0.118. The summed E-state index contributed by atoms with van der Waals surface area (Å²) >= 11 is 1.20. The van der Waals surface area contributed by atoms with Crippen molar-refractivity contribution in [3.05, 3.63) is 95.2 Å². The van der Waals surface area contributed by atoms with E-state index in [1.807, 2.05) is 25.1 Å². The van der Waals surface area contributed by atoms with Crippen molar-refractivity contribution in [3.8, 4) is 5.75 Å². The van der Waals surface area contributed by atoms with Crippen LogP contribution in [0.3, 0.4) is 0 Å². The first-order valence-corrected chi connectivity index (χ1v) is 11.3. The Hall–Kier alpha value is -3.85. The molecule has 1 aromatic heterocycles. The number of furan rings is 1. The molecule has 0 saturated heterocycles. The van der Waals surface area contributed by atoms with Crippen LogP contribution in [0, 0.1) is 12.7 Å². The Balaban J connectivity index is 1.67. The molecule has 0 bridgehead atoms. The Morgan fingerprint density at radius 2 is 2.03 bits per heavy atom. The number of hydrogen-bond donors (Lipinski definition) is 1. The van der Waals surface area contributed by atoms with E-state index in [0.717, 1.165) is 16.9 Å². The van der Waals surface area contributed by atoms with Gasteiger partial charge in [-0.25, -0.2) is 9.82 Å². The van der Waals surface area contributed by atoms with Crippen molar-refractivity contribution in [2.24, 2.45) is 10.1 Å². The first-order valence-electron chi connectivity index (χ1n) is 10.3. The molecule has 1 N–H and O–H groups in total. The fourth-order valence-electron chi connectivity index (χ4n) is 3.04. The normalized spacial score (nSPS) is 11.5. The largest absolute Gasteiger partial charge is 0.496 e. The van der Waals surface area contributed by atoms with Gasteiger partial charge < -0.3 is 9.15 Å². The lowest BCUT2D eigenvalue weighted by Crippen LogP contribution is -2.30. The molecule has 0 aliphatic heterocycles. The number of aliphatic imine (C=N–C) groups is 1. The molecule has 2 aromatic carbocycles. The Kier molecular flexibility index (Phi) is 8.64. The topological polar surface area (TPSA) is 79.4 Å². The van der Waals surface area contributed by atoms with Crippen molar-refractivity contribution < 1.29 is 18.3 Å². The number of halogens is 1. The van der Waals surface area contributed by atoms with Crippen LogP contribution >= 0.6 is 11.8 Å². The van der Waals surface area contributed by atoms with E-state index in [2.05, 4.69) is 22.1 Å². The monoisotopic (exact) mass is 480 g/mol. The van der Waals surface area contributed by atoms with Gasteiger partial charge in [-0.15, -0.1) is 0 Å². The van der Waals surface area contributed by atoms with Crippen LogP contribution in [0.4, 0.5) is 10.1 Å². The van der Waals surface area contributed by atoms with Crippen LogP contribution in [0.5, 0.6) is 5.75 Å². The van der Waals surface area contributed by atoms with E-state index in [-0.39, 0.29) is 17.5 Å². The summed E-state index contributed by atoms with van der Waals surface area (Å²) in [7, 11) is 3.22. The van der Waals surface area contributed by atoms with Gasteiger partial charge in [0.2, 0.25) is 5.91 Å². The first kappa shape index (κ1) is 24.8. The number of ether oxygens (including phenoxy) is 1. The Morgan fingerprint density at radius 1 is 1.26 bits per heavy atom. The van der Waals surface area contributed by atoms with Crippen molar-refractivity contribution >= 4 is 35.4 Å². The Morgan fingerprint density at radius 3 is 2.68 bits per heavy atom. The quantitative estimate of drug-likeness (QED) is 0.266.